The van der Waals surface area contributed by atoms with Gasteiger partial charge in [-0.15, -0.1) is 16.6 Å². The second-order valence-corrected chi connectivity index (χ2v) is 18.6. The number of hydrogen-bond acceptors (Lipinski definition) is 18. The molecule has 5 heterocycles. The molecule has 69 heavy (non-hydrogen) atoms. The molecule has 5 atom stereocenters. The van der Waals surface area contributed by atoms with Gasteiger partial charge in [0.1, 0.15) is 18.7 Å². The van der Waals surface area contributed by atoms with Crippen molar-refractivity contribution in [3.8, 4) is 12.3 Å². The quantitative estimate of drug-likeness (QED) is 0.0490. The molecule has 0 spiro atoms. The zero-order valence-corrected chi connectivity index (χ0v) is 42.6. The number of carbonyl (C=O) groups is 2. The molecule has 2 aliphatic rings. The van der Waals surface area contributed by atoms with E-state index >= 15 is 0 Å². The second kappa shape index (κ2) is 29.4. The summed E-state index contributed by atoms with van der Waals surface area (Å²) >= 11 is 0. The molecule has 7 N–H and O–H groups in total. The van der Waals surface area contributed by atoms with E-state index in [-0.39, 0.29) is 48.8 Å². The van der Waals surface area contributed by atoms with Crippen molar-refractivity contribution in [1.29, 1.82) is 0 Å². The van der Waals surface area contributed by atoms with Crippen molar-refractivity contribution in [3.63, 3.8) is 0 Å². The van der Waals surface area contributed by atoms with Crippen LogP contribution in [0.25, 0.3) is 0 Å². The standard InChI is InChI=1S/C46H79N17O5.ClH/c1-8-23-66-25-27-68-28-26-67-24-14-50-44-51-45(60-19-15-58(16-20-60)42(64)40(12-10-11-13-47)62-31-38(54-56-62)36(48)29-33(3)4)53-46(52-44)61-21-17-59(18-22-61)43(65)41(35(7)9-2)63-32-39(55-57-63)37(49)30-34(5)6;/h1,31-37,40-41H,9-30,47-49H2,2-7H3,(H,50,51,52,53);1H/p-1. The minimum atomic E-state index is -0.519. The summed E-state index contributed by atoms with van der Waals surface area (Å²) in [7, 11) is 0. The van der Waals surface area contributed by atoms with Crippen LogP contribution in [0.1, 0.15) is 116 Å². The lowest BCUT2D eigenvalue weighted by Gasteiger charge is -2.38. The number of piperazine rings is 2. The number of carbonyl (C=O) groups excluding carboxylic acids is 2. The van der Waals surface area contributed by atoms with Crippen molar-refractivity contribution in [1.82, 2.24) is 54.7 Å². The lowest BCUT2D eigenvalue weighted by molar-refractivity contribution is -0.137. The molecule has 22 nitrogen and oxygen atoms in total. The number of aromatic nitrogens is 9. The zero-order chi connectivity index (χ0) is 49.0. The van der Waals surface area contributed by atoms with Crippen molar-refractivity contribution in [2.45, 2.75) is 104 Å². The maximum atomic E-state index is 14.3. The van der Waals surface area contributed by atoms with E-state index in [1.807, 2.05) is 22.2 Å². The lowest BCUT2D eigenvalue weighted by atomic mass is 9.97. The molecule has 386 valence electrons. The Labute approximate surface area is 414 Å². The molecule has 5 unspecified atom stereocenters. The number of halogens is 1. The summed E-state index contributed by atoms with van der Waals surface area (Å²) in [6, 6.07) is -1.53. The summed E-state index contributed by atoms with van der Waals surface area (Å²) in [5.74, 6) is 4.65. The number of nitrogens with two attached hydrogens (primary N) is 3. The van der Waals surface area contributed by atoms with Crippen LogP contribution in [-0.2, 0) is 23.8 Å². The first-order chi connectivity index (χ1) is 32.8. The number of nitrogens with one attached hydrogen (secondary N) is 1. The zero-order valence-electron chi connectivity index (χ0n) is 41.8. The maximum absolute atomic E-state index is 14.3. The molecule has 23 heteroatoms. The highest BCUT2D eigenvalue weighted by atomic mass is 35.5. The SMILES string of the molecule is C#CCOCCOCCOCCNc1nc(N2CCN(C(=O)C(CCCCN)n3cc(C(N)CC(C)C)nn3)CC2)nc(N2CCN(C(=O)C(C(C)CC)n3cc(C(N)CC(C)C)nn3)CC2)n1.[Cl-]. The Morgan fingerprint density at radius 2 is 1.23 bits per heavy atom. The van der Waals surface area contributed by atoms with Gasteiger partial charge in [-0.25, -0.2) is 9.36 Å². The number of anilines is 3. The Morgan fingerprint density at radius 1 is 0.725 bits per heavy atom. The third-order valence-electron chi connectivity index (χ3n) is 12.3. The van der Waals surface area contributed by atoms with Gasteiger partial charge in [-0.3, -0.25) is 9.59 Å². The van der Waals surface area contributed by atoms with Crippen molar-refractivity contribution in [2.24, 2.45) is 35.0 Å². The van der Waals surface area contributed by atoms with E-state index in [9.17, 15) is 9.59 Å². The molecule has 0 bridgehead atoms. The molecule has 2 aliphatic heterocycles. The van der Waals surface area contributed by atoms with E-state index in [1.165, 1.54) is 0 Å². The Kier molecular flexibility index (Phi) is 24.2. The van der Waals surface area contributed by atoms with Gasteiger partial charge in [0.2, 0.25) is 29.7 Å². The van der Waals surface area contributed by atoms with Crippen LogP contribution in [0.4, 0.5) is 17.8 Å². The summed E-state index contributed by atoms with van der Waals surface area (Å²) in [5.41, 5.74) is 20.1. The number of unbranched alkanes of at least 4 members (excludes halogenated alkanes) is 1. The van der Waals surface area contributed by atoms with Gasteiger partial charge in [-0.1, -0.05) is 64.3 Å². The maximum Gasteiger partial charge on any atom is 0.247 e. The van der Waals surface area contributed by atoms with E-state index in [1.54, 1.807) is 9.36 Å². The number of hydrogen-bond donors (Lipinski definition) is 4. The minimum Gasteiger partial charge on any atom is -1.00 e. The van der Waals surface area contributed by atoms with Crippen molar-refractivity contribution in [3.05, 3.63) is 23.8 Å². The van der Waals surface area contributed by atoms with Crippen LogP contribution < -0.4 is 44.7 Å². The molecule has 0 aromatic carbocycles. The van der Waals surface area contributed by atoms with Crippen LogP contribution in [0.5, 0.6) is 0 Å². The molecular formula is C46H79ClN17O5-. The van der Waals surface area contributed by atoms with Crippen molar-refractivity contribution in [2.75, 3.05) is 120 Å². The van der Waals surface area contributed by atoms with Crippen molar-refractivity contribution >= 4 is 29.7 Å². The summed E-state index contributed by atoms with van der Waals surface area (Å²) < 4.78 is 20.0. The minimum absolute atomic E-state index is 0. The van der Waals surface area contributed by atoms with Gasteiger partial charge in [0.15, 0.2) is 0 Å². The molecule has 3 aromatic heterocycles. The molecule has 2 fully saturated rings. The molecule has 0 aliphatic carbocycles. The van der Waals surface area contributed by atoms with E-state index in [2.05, 4.69) is 83.2 Å². The predicted octanol–water partition coefficient (Wildman–Crippen LogP) is -0.800. The van der Waals surface area contributed by atoms with E-state index in [0.29, 0.717) is 146 Å². The number of terminal acetylenes is 1. The number of rotatable bonds is 29. The summed E-state index contributed by atoms with van der Waals surface area (Å²) in [5, 5.41) is 20.9. The van der Waals surface area contributed by atoms with Crippen LogP contribution in [-0.4, -0.2) is 172 Å². The van der Waals surface area contributed by atoms with E-state index in [4.69, 9.17) is 52.8 Å². The highest BCUT2D eigenvalue weighted by molar-refractivity contribution is 5.81. The highest BCUT2D eigenvalue weighted by Gasteiger charge is 2.35. The Bertz CT molecular complexity index is 2000. The van der Waals surface area contributed by atoms with Gasteiger partial charge >= 0.3 is 0 Å². The van der Waals surface area contributed by atoms with Gasteiger partial charge < -0.3 is 68.7 Å². The van der Waals surface area contributed by atoms with Crippen LogP contribution >= 0.6 is 0 Å². The Balaban J connectivity index is 0.0000104. The van der Waals surface area contributed by atoms with E-state index < -0.39 is 12.1 Å². The van der Waals surface area contributed by atoms with Gasteiger partial charge in [0.05, 0.1) is 68.9 Å². The average molecular weight is 986 g/mol. The molecule has 2 saturated heterocycles. The Hall–Kier alpha value is -4.76. The van der Waals surface area contributed by atoms with Crippen molar-refractivity contribution < 1.29 is 36.2 Å². The fraction of sp³-hybridized carbons (Fsp3) is 0.761. The van der Waals surface area contributed by atoms with E-state index in [0.717, 1.165) is 32.1 Å². The molecular weight excluding hydrogens is 906 g/mol. The summed E-state index contributed by atoms with van der Waals surface area (Å²) in [6.07, 6.45) is 13.4. The summed E-state index contributed by atoms with van der Waals surface area (Å²) in [4.78, 5) is 51.2. The Morgan fingerprint density at radius 3 is 1.75 bits per heavy atom. The predicted molar refractivity (Wildman–Crippen MR) is 260 cm³/mol. The van der Waals surface area contributed by atoms with Gasteiger partial charge in [0.25, 0.3) is 0 Å². The first-order valence-electron chi connectivity index (χ1n) is 24.6. The third kappa shape index (κ3) is 17.3. The fourth-order valence-electron chi connectivity index (χ4n) is 8.33. The average Bonchev–Trinajstić information content (AvgIpc) is 4.03. The molecule has 2 amide bonds. The number of ether oxygens (including phenoxy) is 3. The number of amides is 2. The molecule has 5 rings (SSSR count). The first-order valence-corrected chi connectivity index (χ1v) is 24.6. The van der Waals surface area contributed by atoms with Crippen LogP contribution in [0.3, 0.4) is 0 Å². The van der Waals surface area contributed by atoms with Crippen LogP contribution in [0, 0.1) is 30.1 Å². The van der Waals surface area contributed by atoms with Gasteiger partial charge in [-0.2, -0.15) is 15.0 Å². The largest absolute Gasteiger partial charge is 1.00 e. The van der Waals surface area contributed by atoms with Crippen LogP contribution in [0.2, 0.25) is 0 Å². The first kappa shape index (κ1) is 56.8. The molecule has 0 radical (unpaired) electrons. The monoisotopic (exact) mass is 985 g/mol. The summed E-state index contributed by atoms with van der Waals surface area (Å²) in [6.45, 7) is 19.9. The molecule has 0 saturated carbocycles. The third-order valence-corrected chi connectivity index (χ3v) is 12.3. The lowest BCUT2D eigenvalue weighted by Crippen LogP contribution is -3.00. The fourth-order valence-corrected chi connectivity index (χ4v) is 8.33. The molecule has 3 aromatic rings. The van der Waals surface area contributed by atoms with Crippen LogP contribution in [0.15, 0.2) is 12.4 Å². The number of nitrogens with zero attached hydrogens (tertiary/aromatic N) is 13. The highest BCUT2D eigenvalue weighted by Crippen LogP contribution is 2.28. The topological polar surface area (TPSA) is 265 Å². The van der Waals surface area contributed by atoms with Gasteiger partial charge in [0, 0.05) is 58.9 Å². The second-order valence-electron chi connectivity index (χ2n) is 18.6. The smallest absolute Gasteiger partial charge is 0.247 e. The normalized spacial score (nSPS) is 16.6. The van der Waals surface area contributed by atoms with Gasteiger partial charge in [-0.05, 0) is 56.4 Å².